The van der Waals surface area contributed by atoms with Crippen LogP contribution in [0.2, 0.25) is 5.02 Å². The van der Waals surface area contributed by atoms with E-state index in [9.17, 15) is 9.59 Å². The van der Waals surface area contributed by atoms with Crippen LogP contribution >= 0.6 is 11.6 Å². The van der Waals surface area contributed by atoms with Crippen LogP contribution in [0.15, 0.2) is 36.5 Å². The van der Waals surface area contributed by atoms with Crippen LogP contribution in [0.1, 0.15) is 68.4 Å². The quantitative estimate of drug-likeness (QED) is 0.393. The van der Waals surface area contributed by atoms with Gasteiger partial charge in [-0.2, -0.15) is 0 Å². The number of rotatable bonds is 12. The Morgan fingerprint density at radius 3 is 2.76 bits per heavy atom. The lowest BCUT2D eigenvalue weighted by Crippen LogP contribution is -2.46. The predicted molar refractivity (Wildman–Crippen MR) is 130 cm³/mol. The predicted octanol–water partition coefficient (Wildman–Crippen LogP) is 3.81. The molecule has 0 saturated carbocycles. The first-order valence-corrected chi connectivity index (χ1v) is 12.1. The van der Waals surface area contributed by atoms with Crippen LogP contribution in [0.3, 0.4) is 0 Å². The van der Waals surface area contributed by atoms with Crippen molar-refractivity contribution in [3.05, 3.63) is 58.2 Å². The maximum Gasteiger partial charge on any atom is 0.223 e. The number of nitrogens with one attached hydrogen (secondary N) is 3. The van der Waals surface area contributed by atoms with Crippen LogP contribution in [0.5, 0.6) is 5.88 Å². The minimum atomic E-state index is -0.461. The van der Waals surface area contributed by atoms with Crippen molar-refractivity contribution >= 4 is 23.4 Å². The highest BCUT2D eigenvalue weighted by Crippen LogP contribution is 2.30. The van der Waals surface area contributed by atoms with Gasteiger partial charge in [0.25, 0.3) is 0 Å². The van der Waals surface area contributed by atoms with Crippen molar-refractivity contribution in [3.8, 4) is 5.88 Å². The molecular formula is C25H33ClN4O4. The Balaban J connectivity index is 1.64. The molecule has 0 spiro atoms. The number of aromatic nitrogens is 1. The van der Waals surface area contributed by atoms with Crippen LogP contribution in [0, 0.1) is 0 Å². The summed E-state index contributed by atoms with van der Waals surface area (Å²) in [4.78, 5) is 28.7. The molecule has 2 aromatic rings. The van der Waals surface area contributed by atoms with Crippen molar-refractivity contribution in [2.24, 2.45) is 0 Å². The fraction of sp³-hybridized carbons (Fsp3) is 0.480. The van der Waals surface area contributed by atoms with Crippen LogP contribution in [-0.4, -0.2) is 36.6 Å². The Morgan fingerprint density at radius 2 is 2.03 bits per heavy atom. The molecular weight excluding hydrogens is 456 g/mol. The third-order valence-electron chi connectivity index (χ3n) is 5.39. The lowest BCUT2D eigenvalue weighted by molar-refractivity contribution is -0.124. The van der Waals surface area contributed by atoms with E-state index in [-0.39, 0.29) is 24.3 Å². The number of ether oxygens (including phenoxy) is 2. The summed E-state index contributed by atoms with van der Waals surface area (Å²) in [6, 6.07) is 9.04. The van der Waals surface area contributed by atoms with Crippen LogP contribution < -0.4 is 20.7 Å². The van der Waals surface area contributed by atoms with Gasteiger partial charge >= 0.3 is 0 Å². The van der Waals surface area contributed by atoms with Crippen LogP contribution in [0.25, 0.3) is 0 Å². The van der Waals surface area contributed by atoms with Gasteiger partial charge < -0.3 is 20.1 Å². The first-order valence-electron chi connectivity index (χ1n) is 11.8. The maximum absolute atomic E-state index is 12.5. The Morgan fingerprint density at radius 1 is 1.18 bits per heavy atom. The van der Waals surface area contributed by atoms with E-state index in [4.69, 9.17) is 21.1 Å². The molecule has 34 heavy (non-hydrogen) atoms. The third kappa shape index (κ3) is 7.68. The van der Waals surface area contributed by atoms with Crippen molar-refractivity contribution in [1.82, 2.24) is 20.9 Å². The molecule has 1 aromatic carbocycles. The molecule has 9 heteroatoms. The summed E-state index contributed by atoms with van der Waals surface area (Å²) in [7, 11) is 0. The van der Waals surface area contributed by atoms with Gasteiger partial charge in [-0.05, 0) is 36.1 Å². The molecule has 3 rings (SSSR count). The Kier molecular flexibility index (Phi) is 10.1. The van der Waals surface area contributed by atoms with Crippen LogP contribution in [-0.2, 0) is 20.9 Å². The molecule has 1 aliphatic rings. The van der Waals surface area contributed by atoms with E-state index >= 15 is 0 Å². The number of nitrogens with zero attached hydrogens (tertiary/aromatic N) is 1. The summed E-state index contributed by atoms with van der Waals surface area (Å²) >= 11 is 6.47. The van der Waals surface area contributed by atoms with Gasteiger partial charge in [-0.3, -0.25) is 14.9 Å². The number of carbonyl (C=O) groups is 2. The number of amides is 2. The van der Waals surface area contributed by atoms with Crippen molar-refractivity contribution < 1.29 is 19.1 Å². The standard InChI is InChI=1S/C25H33ClN4O4/c1-3-5-22(31)27-15-17-6-8-20(26)19(13-17)25-29-21(14-23(32)30-25)18-7-9-24(28-16-18)34-12-11-33-10-4-2/h6-9,13,16,21,25,29H,3-5,10-12,14-15H2,1-2H3,(H,27,31)(H,30,32). The second-order valence-electron chi connectivity index (χ2n) is 8.20. The van der Waals surface area contributed by atoms with Crippen molar-refractivity contribution in [2.75, 3.05) is 19.8 Å². The number of carbonyl (C=O) groups excluding carboxylic acids is 2. The number of pyridine rings is 1. The zero-order valence-electron chi connectivity index (χ0n) is 19.7. The largest absolute Gasteiger partial charge is 0.475 e. The normalized spacial score (nSPS) is 17.8. The molecule has 3 N–H and O–H groups in total. The molecule has 1 saturated heterocycles. The molecule has 0 radical (unpaired) electrons. The number of halogens is 1. The zero-order chi connectivity index (χ0) is 24.3. The summed E-state index contributed by atoms with van der Waals surface area (Å²) in [6.45, 7) is 6.10. The van der Waals surface area contributed by atoms with E-state index in [1.165, 1.54) is 0 Å². The summed E-state index contributed by atoms with van der Waals surface area (Å²) in [5, 5.41) is 9.85. The second-order valence-corrected chi connectivity index (χ2v) is 8.60. The molecule has 1 fully saturated rings. The summed E-state index contributed by atoms with van der Waals surface area (Å²) < 4.78 is 11.0. The van der Waals surface area contributed by atoms with E-state index in [0.29, 0.717) is 43.7 Å². The van der Waals surface area contributed by atoms with E-state index in [0.717, 1.165) is 29.5 Å². The van der Waals surface area contributed by atoms with E-state index in [1.807, 2.05) is 25.1 Å². The van der Waals surface area contributed by atoms with Gasteiger partial charge in [0.2, 0.25) is 17.7 Å². The molecule has 0 aliphatic carbocycles. The molecule has 2 unspecified atom stereocenters. The maximum atomic E-state index is 12.5. The van der Waals surface area contributed by atoms with E-state index in [1.54, 1.807) is 18.3 Å². The fourth-order valence-corrected chi connectivity index (χ4v) is 3.89. The molecule has 0 bridgehead atoms. The first-order chi connectivity index (χ1) is 16.5. The van der Waals surface area contributed by atoms with Crippen molar-refractivity contribution in [2.45, 2.75) is 58.3 Å². The molecule has 2 atom stereocenters. The highest BCUT2D eigenvalue weighted by atomic mass is 35.5. The Bertz CT molecular complexity index is 954. The van der Waals surface area contributed by atoms with Crippen molar-refractivity contribution in [1.29, 1.82) is 0 Å². The lowest BCUT2D eigenvalue weighted by Gasteiger charge is -2.32. The molecule has 2 amide bonds. The molecule has 8 nitrogen and oxygen atoms in total. The molecule has 2 heterocycles. The summed E-state index contributed by atoms with van der Waals surface area (Å²) in [6.07, 6.45) is 3.81. The number of hydrogen-bond donors (Lipinski definition) is 3. The van der Waals surface area contributed by atoms with Gasteiger partial charge in [-0.25, -0.2) is 4.98 Å². The highest BCUT2D eigenvalue weighted by Gasteiger charge is 2.29. The van der Waals surface area contributed by atoms with Gasteiger partial charge in [-0.1, -0.05) is 37.6 Å². The topological polar surface area (TPSA) is 102 Å². The first kappa shape index (κ1) is 25.9. The SMILES string of the molecule is CCCOCCOc1ccc(C2CC(=O)NC(c3cc(CNC(=O)CCC)ccc3Cl)N2)cn1. The molecule has 184 valence electrons. The van der Waals surface area contributed by atoms with Gasteiger partial charge in [-0.15, -0.1) is 0 Å². The summed E-state index contributed by atoms with van der Waals surface area (Å²) in [5.41, 5.74) is 2.54. The van der Waals surface area contributed by atoms with E-state index < -0.39 is 6.17 Å². The van der Waals surface area contributed by atoms with Gasteiger partial charge in [0, 0.05) is 54.9 Å². The van der Waals surface area contributed by atoms with Crippen molar-refractivity contribution in [3.63, 3.8) is 0 Å². The van der Waals surface area contributed by atoms with Gasteiger partial charge in [0.15, 0.2) is 0 Å². The Hall–Kier alpha value is -2.68. The third-order valence-corrected chi connectivity index (χ3v) is 5.73. The van der Waals surface area contributed by atoms with Gasteiger partial charge in [0.05, 0.1) is 6.61 Å². The molecule has 1 aliphatic heterocycles. The van der Waals surface area contributed by atoms with Crippen LogP contribution in [0.4, 0.5) is 0 Å². The van der Waals surface area contributed by atoms with E-state index in [2.05, 4.69) is 27.9 Å². The summed E-state index contributed by atoms with van der Waals surface area (Å²) in [5.74, 6) is 0.443. The number of hydrogen-bond acceptors (Lipinski definition) is 6. The molecule has 1 aromatic heterocycles. The zero-order valence-corrected chi connectivity index (χ0v) is 20.5. The number of benzene rings is 1. The lowest BCUT2D eigenvalue weighted by atomic mass is 9.99. The monoisotopic (exact) mass is 488 g/mol. The highest BCUT2D eigenvalue weighted by molar-refractivity contribution is 6.31. The smallest absolute Gasteiger partial charge is 0.223 e. The average molecular weight is 489 g/mol. The average Bonchev–Trinajstić information content (AvgIpc) is 2.83. The fourth-order valence-electron chi connectivity index (χ4n) is 3.66. The minimum absolute atomic E-state index is 0.0107. The minimum Gasteiger partial charge on any atom is -0.475 e. The Labute approximate surface area is 205 Å². The van der Waals surface area contributed by atoms with Gasteiger partial charge in [0.1, 0.15) is 12.8 Å². The second kappa shape index (κ2) is 13.3.